The van der Waals surface area contributed by atoms with Crippen LogP contribution in [0.1, 0.15) is 40.2 Å². The number of benzene rings is 1. The smallest absolute Gasteiger partial charge is 0.155 e. The lowest BCUT2D eigenvalue weighted by Crippen LogP contribution is -2.42. The van der Waals surface area contributed by atoms with E-state index in [9.17, 15) is 4.79 Å². The van der Waals surface area contributed by atoms with Crippen molar-refractivity contribution in [3.8, 4) is 0 Å². The van der Waals surface area contributed by atoms with Crippen LogP contribution < -0.4 is 5.32 Å². The zero-order chi connectivity index (χ0) is 15.1. The number of nitrogens with one attached hydrogen (secondary N) is 1. The highest BCUT2D eigenvalue weighted by Crippen LogP contribution is 2.19. The summed E-state index contributed by atoms with van der Waals surface area (Å²) in [7, 11) is 1.82. The molecule has 0 radical (unpaired) electrons. The lowest BCUT2D eigenvalue weighted by atomic mass is 9.84. The minimum atomic E-state index is -0.319. The Kier molecular flexibility index (Phi) is 7.96. The molecule has 0 heterocycles. The summed E-state index contributed by atoms with van der Waals surface area (Å²) >= 11 is 5.83. The van der Waals surface area contributed by atoms with Crippen LogP contribution in [0.15, 0.2) is 24.3 Å². The Morgan fingerprint density at radius 1 is 1.21 bits per heavy atom. The lowest BCUT2D eigenvalue weighted by Gasteiger charge is -2.24. The predicted molar refractivity (Wildman–Crippen MR) is 83.8 cm³/mol. The number of carbonyl (C=O) groups excluding carboxylic acids is 1. The third-order valence-corrected chi connectivity index (χ3v) is 3.01. The summed E-state index contributed by atoms with van der Waals surface area (Å²) in [5.41, 5.74) is 0.798. The first kappa shape index (κ1) is 18.1. The number of Topliss-reactive ketones (excluding diaryl/α,β-unsaturated/α-hetero) is 1. The van der Waals surface area contributed by atoms with E-state index in [1.54, 1.807) is 0 Å². The summed E-state index contributed by atoms with van der Waals surface area (Å²) in [6, 6.07) is 7.48. The van der Waals surface area contributed by atoms with Gasteiger partial charge in [0.1, 0.15) is 0 Å². The van der Waals surface area contributed by atoms with Gasteiger partial charge in [-0.1, -0.05) is 58.4 Å². The maximum atomic E-state index is 12.2. The maximum absolute atomic E-state index is 12.2. The van der Waals surface area contributed by atoms with E-state index in [2.05, 4.69) is 5.32 Å². The normalized spacial score (nSPS) is 12.4. The molecule has 0 aliphatic carbocycles. The first-order valence-electron chi connectivity index (χ1n) is 6.80. The number of likely N-dealkylation sites (N-methyl/N-ethyl adjacent to an activating group) is 1. The summed E-state index contributed by atoms with van der Waals surface area (Å²) in [5.74, 6) is 0.231. The van der Waals surface area contributed by atoms with Gasteiger partial charge < -0.3 is 5.32 Å². The van der Waals surface area contributed by atoms with Gasteiger partial charge in [0.25, 0.3) is 0 Å². The van der Waals surface area contributed by atoms with Gasteiger partial charge in [0, 0.05) is 10.4 Å². The molecule has 0 aliphatic rings. The third-order valence-electron chi connectivity index (χ3n) is 2.76. The molecule has 0 amide bonds. The average Bonchev–Trinajstić information content (AvgIpc) is 2.38. The van der Waals surface area contributed by atoms with Gasteiger partial charge in [-0.3, -0.25) is 4.79 Å². The molecule has 1 aromatic carbocycles. The molecule has 19 heavy (non-hydrogen) atoms. The van der Waals surface area contributed by atoms with E-state index >= 15 is 0 Å². The summed E-state index contributed by atoms with van der Waals surface area (Å²) in [5, 5.41) is 3.81. The largest absolute Gasteiger partial charge is 0.310 e. The Labute approximate surface area is 122 Å². The van der Waals surface area contributed by atoms with Crippen LogP contribution >= 0.6 is 11.6 Å². The highest BCUT2D eigenvalue weighted by molar-refractivity contribution is 6.30. The van der Waals surface area contributed by atoms with Crippen molar-refractivity contribution < 1.29 is 4.79 Å². The number of hydrogen-bond donors (Lipinski definition) is 1. The van der Waals surface area contributed by atoms with Gasteiger partial charge in [0.05, 0.1) is 6.04 Å². The van der Waals surface area contributed by atoms with Gasteiger partial charge in [0.15, 0.2) is 5.78 Å². The van der Waals surface area contributed by atoms with Crippen molar-refractivity contribution >= 4 is 17.4 Å². The Morgan fingerprint density at radius 2 is 1.68 bits per heavy atom. The minimum absolute atomic E-state index is 0.142. The number of rotatable bonds is 4. The Bertz CT molecular complexity index is 379. The van der Waals surface area contributed by atoms with Crippen molar-refractivity contribution in [1.82, 2.24) is 5.32 Å². The molecule has 0 aliphatic heterocycles. The highest BCUT2D eigenvalue weighted by Gasteiger charge is 2.28. The molecule has 0 fully saturated rings. The van der Waals surface area contributed by atoms with E-state index in [1.165, 1.54) is 0 Å². The number of ketones is 1. The van der Waals surface area contributed by atoms with Crippen LogP contribution in [-0.4, -0.2) is 18.9 Å². The van der Waals surface area contributed by atoms with Crippen molar-refractivity contribution in [3.63, 3.8) is 0 Å². The number of hydrogen-bond acceptors (Lipinski definition) is 2. The molecule has 0 aromatic heterocycles. The van der Waals surface area contributed by atoms with Gasteiger partial charge in [-0.15, -0.1) is 0 Å². The van der Waals surface area contributed by atoms with Gasteiger partial charge in [-0.25, -0.2) is 0 Å². The Hall–Kier alpha value is -0.860. The molecule has 0 spiro atoms. The van der Waals surface area contributed by atoms with Crippen LogP contribution in [0.4, 0.5) is 0 Å². The first-order chi connectivity index (χ1) is 8.84. The molecule has 0 saturated heterocycles. The van der Waals surface area contributed by atoms with Crippen molar-refractivity contribution in [2.24, 2.45) is 5.41 Å². The zero-order valence-electron chi connectivity index (χ0n) is 12.9. The van der Waals surface area contributed by atoms with Crippen LogP contribution in [0.2, 0.25) is 5.02 Å². The fourth-order valence-corrected chi connectivity index (χ4v) is 1.83. The van der Waals surface area contributed by atoms with Crippen LogP contribution in [0, 0.1) is 5.41 Å². The van der Waals surface area contributed by atoms with E-state index in [0.29, 0.717) is 6.42 Å². The summed E-state index contributed by atoms with van der Waals surface area (Å²) in [6.45, 7) is 9.84. The van der Waals surface area contributed by atoms with Gasteiger partial charge in [-0.05, 0) is 31.2 Å². The van der Waals surface area contributed by atoms with E-state index in [0.717, 1.165) is 10.6 Å². The van der Waals surface area contributed by atoms with Gasteiger partial charge >= 0.3 is 0 Å². The molecule has 1 unspecified atom stereocenters. The monoisotopic (exact) mass is 283 g/mol. The molecule has 108 valence electrons. The van der Waals surface area contributed by atoms with Crippen LogP contribution in [0.25, 0.3) is 0 Å². The SMILES string of the molecule is CC.CNC(Cc1ccc(Cl)cc1)C(=O)C(C)(C)C. The van der Waals surface area contributed by atoms with Crippen LogP contribution in [0.3, 0.4) is 0 Å². The zero-order valence-corrected chi connectivity index (χ0v) is 13.6. The fourth-order valence-electron chi connectivity index (χ4n) is 1.70. The summed E-state index contributed by atoms with van der Waals surface area (Å²) in [4.78, 5) is 12.2. The number of carbonyl (C=O) groups is 1. The fraction of sp³-hybridized carbons (Fsp3) is 0.562. The Balaban J connectivity index is 0.00000154. The molecular formula is C16H26ClNO. The second kappa shape index (κ2) is 8.34. The molecule has 1 aromatic rings. The number of halogens is 1. The quantitative estimate of drug-likeness (QED) is 0.901. The molecule has 1 N–H and O–H groups in total. The minimum Gasteiger partial charge on any atom is -0.310 e. The Morgan fingerprint density at radius 3 is 2.05 bits per heavy atom. The molecule has 3 heteroatoms. The van der Waals surface area contributed by atoms with Gasteiger partial charge in [0.2, 0.25) is 0 Å². The van der Waals surface area contributed by atoms with Gasteiger partial charge in [-0.2, -0.15) is 0 Å². The molecule has 0 saturated carbocycles. The predicted octanol–water partition coefficient (Wildman–Crippen LogP) is 4.11. The summed E-state index contributed by atoms with van der Waals surface area (Å²) < 4.78 is 0. The standard InChI is InChI=1S/C14H20ClNO.C2H6/c1-14(2,3)13(17)12(16-4)9-10-5-7-11(15)8-6-10;1-2/h5-8,12,16H,9H2,1-4H3;1-2H3. The third kappa shape index (κ3) is 6.22. The first-order valence-corrected chi connectivity index (χ1v) is 7.18. The lowest BCUT2D eigenvalue weighted by molar-refractivity contribution is -0.128. The van der Waals surface area contributed by atoms with E-state index in [-0.39, 0.29) is 17.2 Å². The van der Waals surface area contributed by atoms with Crippen molar-refractivity contribution in [1.29, 1.82) is 0 Å². The van der Waals surface area contributed by atoms with Crippen LogP contribution in [0.5, 0.6) is 0 Å². The molecule has 1 atom stereocenters. The molecule has 2 nitrogen and oxygen atoms in total. The highest BCUT2D eigenvalue weighted by atomic mass is 35.5. The molecule has 0 bridgehead atoms. The topological polar surface area (TPSA) is 29.1 Å². The molecule has 1 rings (SSSR count). The van der Waals surface area contributed by atoms with E-state index in [4.69, 9.17) is 11.6 Å². The van der Waals surface area contributed by atoms with Crippen molar-refractivity contribution in [2.75, 3.05) is 7.05 Å². The second-order valence-electron chi connectivity index (χ2n) is 5.29. The van der Waals surface area contributed by atoms with E-state index in [1.807, 2.05) is 65.9 Å². The second-order valence-corrected chi connectivity index (χ2v) is 5.72. The van der Waals surface area contributed by atoms with Crippen molar-refractivity contribution in [2.45, 2.75) is 47.1 Å². The summed E-state index contributed by atoms with van der Waals surface area (Å²) in [6.07, 6.45) is 0.698. The van der Waals surface area contributed by atoms with Crippen LogP contribution in [-0.2, 0) is 11.2 Å². The maximum Gasteiger partial charge on any atom is 0.155 e. The van der Waals surface area contributed by atoms with Crippen molar-refractivity contribution in [3.05, 3.63) is 34.9 Å². The molecular weight excluding hydrogens is 258 g/mol. The van der Waals surface area contributed by atoms with E-state index < -0.39 is 0 Å². The average molecular weight is 284 g/mol.